The molecule has 0 saturated carbocycles. The standard InChI is InChI=1S/C18H36NO10P/c1-9-16(20)28-17(23-10-2,24-11-3)18(25-12-4,26-13-5)29-30(21,22)27-15-14-19(6,7)8/h9H,1,10-15H2,2-8H3. The summed E-state index contributed by atoms with van der Waals surface area (Å²) >= 11 is 0. The first-order valence-corrected chi connectivity index (χ1v) is 11.2. The number of phosphoric ester groups is 1. The first-order chi connectivity index (χ1) is 13.9. The molecule has 0 spiro atoms. The molecule has 1 unspecified atom stereocenters. The highest BCUT2D eigenvalue weighted by atomic mass is 31.2. The molecule has 0 aliphatic carbocycles. The number of hydrogen-bond acceptors (Lipinski definition) is 10. The minimum absolute atomic E-state index is 0.0683. The van der Waals surface area contributed by atoms with E-state index in [1.165, 1.54) is 0 Å². The van der Waals surface area contributed by atoms with E-state index in [1.54, 1.807) is 27.7 Å². The van der Waals surface area contributed by atoms with E-state index in [2.05, 4.69) is 6.58 Å². The molecule has 0 aliphatic heterocycles. The molecule has 12 heteroatoms. The minimum atomic E-state index is -5.04. The van der Waals surface area contributed by atoms with Gasteiger partial charge in [-0.3, -0.25) is 9.09 Å². The van der Waals surface area contributed by atoms with Crippen LogP contribution in [0.5, 0.6) is 0 Å². The Morgan fingerprint density at radius 3 is 1.77 bits per heavy atom. The SMILES string of the molecule is C=CC(=O)OC(OCC)(OCC)C(OCC)(OCC)OP(=O)([O-])OCC[N+](C)(C)C. The van der Waals surface area contributed by atoms with Crippen LogP contribution in [0.1, 0.15) is 27.7 Å². The summed E-state index contributed by atoms with van der Waals surface area (Å²) in [6.45, 7) is 9.46. The summed E-state index contributed by atoms with van der Waals surface area (Å²) in [7, 11) is 0.567. The number of ether oxygens (including phenoxy) is 5. The Labute approximate surface area is 179 Å². The van der Waals surface area contributed by atoms with E-state index >= 15 is 0 Å². The van der Waals surface area contributed by atoms with Gasteiger partial charge < -0.3 is 37.6 Å². The molecule has 0 aliphatic rings. The third-order valence-corrected chi connectivity index (χ3v) is 4.32. The highest BCUT2D eigenvalue weighted by Gasteiger charge is 2.64. The van der Waals surface area contributed by atoms with Gasteiger partial charge in [-0.05, 0) is 27.7 Å². The van der Waals surface area contributed by atoms with Gasteiger partial charge in [0, 0.05) is 6.08 Å². The number of quaternary nitrogens is 1. The second kappa shape index (κ2) is 12.8. The summed E-state index contributed by atoms with van der Waals surface area (Å²) in [5.41, 5.74) is 0. The molecule has 0 N–H and O–H groups in total. The lowest BCUT2D eigenvalue weighted by Gasteiger charge is -2.46. The normalized spacial score (nSPS) is 14.9. The number of phosphoric acid groups is 1. The van der Waals surface area contributed by atoms with Crippen molar-refractivity contribution in [3.05, 3.63) is 12.7 Å². The summed E-state index contributed by atoms with van der Waals surface area (Å²) in [5.74, 6) is -6.12. The lowest BCUT2D eigenvalue weighted by atomic mass is 10.4. The zero-order chi connectivity index (χ0) is 23.5. The van der Waals surface area contributed by atoms with E-state index in [1.807, 2.05) is 21.1 Å². The molecule has 178 valence electrons. The van der Waals surface area contributed by atoms with Crippen LogP contribution in [0.2, 0.25) is 0 Å². The number of esters is 1. The van der Waals surface area contributed by atoms with Gasteiger partial charge >= 0.3 is 17.9 Å². The number of likely N-dealkylation sites (N-methyl/N-ethyl adjacent to an activating group) is 1. The molecule has 30 heavy (non-hydrogen) atoms. The molecule has 0 bridgehead atoms. The van der Waals surface area contributed by atoms with Gasteiger partial charge in [-0.2, -0.15) is 0 Å². The highest BCUT2D eigenvalue weighted by Crippen LogP contribution is 2.49. The number of hydrogen-bond donors (Lipinski definition) is 0. The molecule has 0 amide bonds. The third-order valence-electron chi connectivity index (χ3n) is 3.36. The van der Waals surface area contributed by atoms with Crippen molar-refractivity contribution in [2.75, 3.05) is 60.7 Å². The Bertz CT molecular complexity index is 566. The van der Waals surface area contributed by atoms with Gasteiger partial charge in [0.05, 0.1) is 47.6 Å². The summed E-state index contributed by atoms with van der Waals surface area (Å²) in [5, 5.41) is 0. The second-order valence-corrected chi connectivity index (χ2v) is 8.19. The lowest BCUT2D eigenvalue weighted by Crippen LogP contribution is -2.64. The average Bonchev–Trinajstić information content (AvgIpc) is 2.60. The van der Waals surface area contributed by atoms with E-state index in [4.69, 9.17) is 32.7 Å². The lowest BCUT2D eigenvalue weighted by molar-refractivity contribution is -0.870. The number of rotatable bonds is 17. The fourth-order valence-electron chi connectivity index (χ4n) is 2.20. The second-order valence-electron chi connectivity index (χ2n) is 6.86. The molecular weight excluding hydrogens is 421 g/mol. The molecule has 0 heterocycles. The van der Waals surface area contributed by atoms with Crippen LogP contribution < -0.4 is 4.89 Å². The van der Waals surface area contributed by atoms with Gasteiger partial charge in [0.2, 0.25) is 0 Å². The topological polar surface area (TPSA) is 122 Å². The molecule has 11 nitrogen and oxygen atoms in total. The maximum absolute atomic E-state index is 12.6. The molecule has 0 aromatic rings. The largest absolute Gasteiger partial charge is 0.756 e. The fraction of sp³-hybridized carbons (Fsp3) is 0.833. The van der Waals surface area contributed by atoms with Crippen molar-refractivity contribution in [1.29, 1.82) is 0 Å². The molecule has 0 saturated heterocycles. The van der Waals surface area contributed by atoms with Crippen molar-refractivity contribution in [1.82, 2.24) is 0 Å². The van der Waals surface area contributed by atoms with Crippen molar-refractivity contribution in [2.45, 2.75) is 39.6 Å². The Morgan fingerprint density at radius 2 is 1.40 bits per heavy atom. The number of carbonyl (C=O) groups is 1. The monoisotopic (exact) mass is 457 g/mol. The van der Waals surface area contributed by atoms with Crippen LogP contribution in [-0.4, -0.2) is 83.1 Å². The third kappa shape index (κ3) is 9.09. The molecule has 0 fully saturated rings. The summed E-state index contributed by atoms with van der Waals surface area (Å²) < 4.78 is 50.5. The van der Waals surface area contributed by atoms with Crippen molar-refractivity contribution < 1.29 is 51.5 Å². The van der Waals surface area contributed by atoms with Crippen LogP contribution in [0.4, 0.5) is 0 Å². The first kappa shape index (κ1) is 29.1. The van der Waals surface area contributed by atoms with Crippen LogP contribution >= 0.6 is 7.82 Å². The first-order valence-electron chi connectivity index (χ1n) is 9.74. The quantitative estimate of drug-likeness (QED) is 0.104. The van der Waals surface area contributed by atoms with Crippen LogP contribution in [0.25, 0.3) is 0 Å². The van der Waals surface area contributed by atoms with Crippen LogP contribution in [0.15, 0.2) is 12.7 Å². The molecule has 0 radical (unpaired) electrons. The Morgan fingerprint density at radius 1 is 0.967 bits per heavy atom. The molecule has 0 aromatic carbocycles. The zero-order valence-electron chi connectivity index (χ0n) is 19.0. The molecule has 1 atom stereocenters. The van der Waals surface area contributed by atoms with E-state index < -0.39 is 25.7 Å². The van der Waals surface area contributed by atoms with E-state index in [-0.39, 0.29) is 33.0 Å². The van der Waals surface area contributed by atoms with Crippen LogP contribution in [0, 0.1) is 0 Å². The summed E-state index contributed by atoms with van der Waals surface area (Å²) in [4.78, 5) is 24.7. The number of nitrogens with zero attached hydrogens (tertiary/aromatic N) is 1. The number of carbonyl (C=O) groups excluding carboxylic acids is 1. The van der Waals surface area contributed by atoms with E-state index in [0.717, 1.165) is 6.08 Å². The van der Waals surface area contributed by atoms with Gasteiger partial charge in [-0.1, -0.05) is 6.58 Å². The highest BCUT2D eigenvalue weighted by molar-refractivity contribution is 7.45. The predicted octanol–water partition coefficient (Wildman–Crippen LogP) is 1.38. The maximum atomic E-state index is 12.6. The Balaban J connectivity index is 6.21. The fourth-order valence-corrected chi connectivity index (χ4v) is 3.07. The van der Waals surface area contributed by atoms with Gasteiger partial charge in [0.1, 0.15) is 13.2 Å². The molecular formula is C18H36NO10P. The smallest absolute Gasteiger partial charge is 0.417 e. The maximum Gasteiger partial charge on any atom is 0.417 e. The van der Waals surface area contributed by atoms with Crippen LogP contribution in [-0.2, 0) is 42.1 Å². The van der Waals surface area contributed by atoms with Crippen molar-refractivity contribution in [2.24, 2.45) is 0 Å². The Kier molecular flexibility index (Phi) is 12.5. The van der Waals surface area contributed by atoms with Crippen LogP contribution in [0.3, 0.4) is 0 Å². The summed E-state index contributed by atoms with van der Waals surface area (Å²) in [6.07, 6.45) is 0.851. The average molecular weight is 457 g/mol. The van der Waals surface area contributed by atoms with E-state index in [0.29, 0.717) is 11.0 Å². The van der Waals surface area contributed by atoms with Gasteiger partial charge in [0.15, 0.2) is 0 Å². The van der Waals surface area contributed by atoms with Gasteiger partial charge in [-0.25, -0.2) is 4.79 Å². The van der Waals surface area contributed by atoms with Gasteiger partial charge in [-0.15, -0.1) is 0 Å². The summed E-state index contributed by atoms with van der Waals surface area (Å²) in [6, 6.07) is 0. The van der Waals surface area contributed by atoms with E-state index in [9.17, 15) is 14.3 Å². The minimum Gasteiger partial charge on any atom is -0.756 e. The van der Waals surface area contributed by atoms with Crippen molar-refractivity contribution >= 4 is 13.8 Å². The van der Waals surface area contributed by atoms with Crippen molar-refractivity contribution in [3.63, 3.8) is 0 Å². The molecule has 0 rings (SSSR count). The molecule has 0 aromatic heterocycles. The van der Waals surface area contributed by atoms with Gasteiger partial charge in [0.25, 0.3) is 7.82 Å². The Hall–Kier alpha value is -0.880. The predicted molar refractivity (Wildman–Crippen MR) is 106 cm³/mol. The van der Waals surface area contributed by atoms with Crippen molar-refractivity contribution in [3.8, 4) is 0 Å². The zero-order valence-corrected chi connectivity index (χ0v) is 19.9.